The van der Waals surface area contributed by atoms with Crippen molar-refractivity contribution in [1.29, 1.82) is 0 Å². The van der Waals surface area contributed by atoms with Crippen molar-refractivity contribution in [2.75, 3.05) is 5.32 Å². The Hall–Kier alpha value is -1.28. The normalized spacial score (nSPS) is 14.4. The highest BCUT2D eigenvalue weighted by molar-refractivity contribution is 9.10. The third kappa shape index (κ3) is 3.01. The maximum absolute atomic E-state index is 3.56. The van der Waals surface area contributed by atoms with Crippen molar-refractivity contribution >= 4 is 21.6 Å². The Balaban J connectivity index is 1.75. The molecule has 1 nitrogen and oxygen atoms in total. The fourth-order valence-corrected chi connectivity index (χ4v) is 2.98. The Morgan fingerprint density at radius 3 is 2.68 bits per heavy atom. The van der Waals surface area contributed by atoms with Gasteiger partial charge in [-0.05, 0) is 60.6 Å². The van der Waals surface area contributed by atoms with Crippen molar-refractivity contribution in [3.05, 3.63) is 63.6 Å². The van der Waals surface area contributed by atoms with Crippen LogP contribution in [0, 0.1) is 6.92 Å². The lowest BCUT2D eigenvalue weighted by molar-refractivity contribution is 1.03. The van der Waals surface area contributed by atoms with E-state index in [2.05, 4.69) is 70.6 Å². The minimum atomic E-state index is 0.809. The van der Waals surface area contributed by atoms with Crippen LogP contribution in [0.15, 0.2) is 46.9 Å². The van der Waals surface area contributed by atoms with Gasteiger partial charge in [0, 0.05) is 16.7 Å². The van der Waals surface area contributed by atoms with Gasteiger partial charge in [0.15, 0.2) is 0 Å². The van der Waals surface area contributed by atoms with Crippen LogP contribution in [-0.2, 0) is 6.54 Å². The molecule has 0 bridgehead atoms. The molecule has 98 valence electrons. The van der Waals surface area contributed by atoms with Crippen LogP contribution in [-0.4, -0.2) is 0 Å². The maximum atomic E-state index is 3.56. The minimum Gasteiger partial charge on any atom is -0.381 e. The number of aryl methyl sites for hydroxylation is 1. The van der Waals surface area contributed by atoms with Gasteiger partial charge in [0.2, 0.25) is 0 Å². The van der Waals surface area contributed by atoms with E-state index in [0.29, 0.717) is 0 Å². The Morgan fingerprint density at radius 2 is 1.95 bits per heavy atom. The highest BCUT2D eigenvalue weighted by Gasteiger charge is 2.25. The summed E-state index contributed by atoms with van der Waals surface area (Å²) in [6.07, 6.45) is 2.71. The van der Waals surface area contributed by atoms with E-state index >= 15 is 0 Å². The van der Waals surface area contributed by atoms with E-state index in [0.717, 1.165) is 16.9 Å². The quantitative estimate of drug-likeness (QED) is 0.812. The molecule has 0 saturated heterocycles. The second-order valence-electron chi connectivity index (χ2n) is 5.29. The zero-order valence-corrected chi connectivity index (χ0v) is 12.7. The molecule has 19 heavy (non-hydrogen) atoms. The molecular formula is C17H18BrN. The zero-order chi connectivity index (χ0) is 13.2. The number of rotatable bonds is 4. The van der Waals surface area contributed by atoms with E-state index in [-0.39, 0.29) is 0 Å². The van der Waals surface area contributed by atoms with Gasteiger partial charge in [-0.2, -0.15) is 0 Å². The van der Waals surface area contributed by atoms with Gasteiger partial charge in [-0.3, -0.25) is 0 Å². The largest absolute Gasteiger partial charge is 0.381 e. The highest BCUT2D eigenvalue weighted by atomic mass is 79.9. The average Bonchev–Trinajstić information content (AvgIpc) is 3.22. The summed E-state index contributed by atoms with van der Waals surface area (Å²) in [5, 5.41) is 3.56. The average molecular weight is 316 g/mol. The molecule has 1 aliphatic rings. The smallest absolute Gasteiger partial charge is 0.0403 e. The van der Waals surface area contributed by atoms with E-state index < -0.39 is 0 Å². The van der Waals surface area contributed by atoms with E-state index in [1.807, 2.05) is 0 Å². The van der Waals surface area contributed by atoms with Crippen LogP contribution in [0.3, 0.4) is 0 Å². The molecule has 0 atom stereocenters. The maximum Gasteiger partial charge on any atom is 0.0403 e. The first-order chi connectivity index (χ1) is 9.24. The summed E-state index contributed by atoms with van der Waals surface area (Å²) in [4.78, 5) is 0. The van der Waals surface area contributed by atoms with Gasteiger partial charge in [0.25, 0.3) is 0 Å². The van der Waals surface area contributed by atoms with Crippen LogP contribution in [0.5, 0.6) is 0 Å². The van der Waals surface area contributed by atoms with E-state index in [9.17, 15) is 0 Å². The van der Waals surface area contributed by atoms with Gasteiger partial charge >= 0.3 is 0 Å². The third-order valence-electron chi connectivity index (χ3n) is 3.73. The molecule has 3 rings (SSSR count). The molecule has 0 aromatic heterocycles. The van der Waals surface area contributed by atoms with Gasteiger partial charge in [0.1, 0.15) is 0 Å². The lowest BCUT2D eigenvalue weighted by Gasteiger charge is -2.13. The molecule has 1 saturated carbocycles. The van der Waals surface area contributed by atoms with E-state index in [1.54, 1.807) is 0 Å². The number of benzene rings is 2. The predicted molar refractivity (Wildman–Crippen MR) is 84.6 cm³/mol. The van der Waals surface area contributed by atoms with Crippen molar-refractivity contribution in [3.63, 3.8) is 0 Å². The van der Waals surface area contributed by atoms with Crippen molar-refractivity contribution in [1.82, 2.24) is 0 Å². The summed E-state index contributed by atoms with van der Waals surface area (Å²) in [6, 6.07) is 15.2. The molecule has 0 amide bonds. The Bertz CT molecular complexity index is 588. The molecule has 0 radical (unpaired) electrons. The topological polar surface area (TPSA) is 12.0 Å². The Morgan fingerprint density at radius 1 is 1.16 bits per heavy atom. The van der Waals surface area contributed by atoms with Crippen molar-refractivity contribution in [3.8, 4) is 0 Å². The monoisotopic (exact) mass is 315 g/mol. The molecule has 1 fully saturated rings. The summed E-state index contributed by atoms with van der Waals surface area (Å²) >= 11 is 3.50. The lowest BCUT2D eigenvalue weighted by Crippen LogP contribution is -2.03. The van der Waals surface area contributed by atoms with Crippen molar-refractivity contribution < 1.29 is 0 Å². The van der Waals surface area contributed by atoms with E-state index in [4.69, 9.17) is 0 Å². The van der Waals surface area contributed by atoms with Crippen LogP contribution in [0.25, 0.3) is 0 Å². The number of halogens is 1. The molecule has 2 heteroatoms. The van der Waals surface area contributed by atoms with E-state index in [1.165, 1.54) is 35.2 Å². The minimum absolute atomic E-state index is 0.809. The summed E-state index contributed by atoms with van der Waals surface area (Å²) in [7, 11) is 0. The number of nitrogens with one attached hydrogen (secondary N) is 1. The Kier molecular flexibility index (Phi) is 3.61. The number of anilines is 1. The summed E-state index contributed by atoms with van der Waals surface area (Å²) in [5.41, 5.74) is 5.46. The molecule has 0 aliphatic heterocycles. The summed E-state index contributed by atoms with van der Waals surface area (Å²) < 4.78 is 1.13. The number of hydrogen-bond donors (Lipinski definition) is 1. The summed E-state index contributed by atoms with van der Waals surface area (Å²) in [6.45, 7) is 3.05. The van der Waals surface area contributed by atoms with Crippen LogP contribution < -0.4 is 5.32 Å². The van der Waals surface area contributed by atoms with Crippen molar-refractivity contribution in [2.24, 2.45) is 0 Å². The second-order valence-corrected chi connectivity index (χ2v) is 6.20. The van der Waals surface area contributed by atoms with Gasteiger partial charge in [-0.15, -0.1) is 0 Å². The van der Waals surface area contributed by atoms with Gasteiger partial charge in [-0.1, -0.05) is 40.2 Å². The molecule has 0 heterocycles. The molecule has 0 unspecified atom stereocenters. The summed E-state index contributed by atoms with van der Waals surface area (Å²) in [5.74, 6) is 0.809. The second kappa shape index (κ2) is 5.38. The molecule has 0 spiro atoms. The van der Waals surface area contributed by atoms with Crippen LogP contribution in [0.4, 0.5) is 5.69 Å². The van der Waals surface area contributed by atoms with Crippen LogP contribution in [0.2, 0.25) is 0 Å². The lowest BCUT2D eigenvalue weighted by atomic mass is 10.0. The first kappa shape index (κ1) is 12.7. The van der Waals surface area contributed by atoms with Crippen LogP contribution >= 0.6 is 15.9 Å². The first-order valence-corrected chi connectivity index (χ1v) is 7.61. The fraction of sp³-hybridized carbons (Fsp3) is 0.294. The number of hydrogen-bond acceptors (Lipinski definition) is 1. The van der Waals surface area contributed by atoms with Gasteiger partial charge < -0.3 is 5.32 Å². The molecule has 2 aromatic carbocycles. The SMILES string of the molecule is Cc1cc(Br)ccc1NCc1ccccc1C1CC1. The predicted octanol–water partition coefficient (Wildman–Crippen LogP) is 5.25. The first-order valence-electron chi connectivity index (χ1n) is 6.82. The van der Waals surface area contributed by atoms with Gasteiger partial charge in [0.05, 0.1) is 0 Å². The fourth-order valence-electron chi connectivity index (χ4n) is 2.50. The zero-order valence-electron chi connectivity index (χ0n) is 11.1. The standard InChI is InChI=1S/C17H18BrN/c1-12-10-15(18)8-9-17(12)19-11-14-4-2-3-5-16(14)13-6-7-13/h2-5,8-10,13,19H,6-7,11H2,1H3. The van der Waals surface area contributed by atoms with Crippen LogP contribution in [0.1, 0.15) is 35.4 Å². The molecule has 1 aliphatic carbocycles. The van der Waals surface area contributed by atoms with Gasteiger partial charge in [-0.25, -0.2) is 0 Å². The Labute approximate surface area is 123 Å². The molecule has 2 aromatic rings. The third-order valence-corrected chi connectivity index (χ3v) is 4.22. The highest BCUT2D eigenvalue weighted by Crippen LogP contribution is 2.41. The molecular weight excluding hydrogens is 298 g/mol. The molecule has 1 N–H and O–H groups in total. The van der Waals surface area contributed by atoms with Crippen molar-refractivity contribution in [2.45, 2.75) is 32.2 Å².